The Hall–Kier alpha value is -1.22. The molecule has 0 atom stereocenters. The zero-order valence-corrected chi connectivity index (χ0v) is 13.1. The van der Waals surface area contributed by atoms with Crippen LogP contribution >= 0.6 is 11.3 Å². The summed E-state index contributed by atoms with van der Waals surface area (Å²) in [6, 6.07) is 1.59. The molecule has 8 heteroatoms. The lowest BCUT2D eigenvalue weighted by molar-refractivity contribution is 0.581. The summed E-state index contributed by atoms with van der Waals surface area (Å²) in [4.78, 5) is 4.54. The van der Waals surface area contributed by atoms with E-state index in [4.69, 9.17) is 5.73 Å². The number of nitrogens with one attached hydrogen (secondary N) is 1. The quantitative estimate of drug-likeness (QED) is 0.824. The van der Waals surface area contributed by atoms with E-state index in [1.807, 2.05) is 12.3 Å². The number of hydrogen-bond acceptors (Lipinski definition) is 5. The highest BCUT2D eigenvalue weighted by Gasteiger charge is 2.16. The van der Waals surface area contributed by atoms with E-state index >= 15 is 0 Å². The highest BCUT2D eigenvalue weighted by atomic mass is 32.2. The lowest BCUT2D eigenvalue weighted by Gasteiger charge is -2.03. The van der Waals surface area contributed by atoms with Gasteiger partial charge in [0.2, 0.25) is 10.0 Å². The molecule has 0 aliphatic rings. The minimum absolute atomic E-state index is 0.245. The minimum Gasteiger partial charge on any atom is -0.352 e. The number of sulfonamides is 1. The minimum atomic E-state index is -3.49. The summed E-state index contributed by atoms with van der Waals surface area (Å²) in [6.07, 6.45) is 2.15. The highest BCUT2D eigenvalue weighted by molar-refractivity contribution is 7.89. The predicted molar refractivity (Wildman–Crippen MR) is 79.0 cm³/mol. The van der Waals surface area contributed by atoms with Crippen LogP contribution in [0.1, 0.15) is 16.4 Å². The third-order valence-corrected chi connectivity index (χ3v) is 5.19. The molecule has 0 unspecified atom stereocenters. The van der Waals surface area contributed by atoms with Crippen LogP contribution < -0.4 is 10.5 Å². The van der Waals surface area contributed by atoms with E-state index in [1.165, 1.54) is 0 Å². The fraction of sp³-hybridized carbons (Fsp3) is 0.417. The zero-order chi connectivity index (χ0) is 14.8. The Kier molecular flexibility index (Phi) is 4.59. The molecule has 0 saturated carbocycles. The molecule has 0 saturated heterocycles. The number of aryl methyl sites for hydroxylation is 2. The van der Waals surface area contributed by atoms with Gasteiger partial charge >= 0.3 is 0 Å². The molecule has 0 fully saturated rings. The first-order chi connectivity index (χ1) is 9.42. The normalized spacial score (nSPS) is 11.9. The summed E-state index contributed by atoms with van der Waals surface area (Å²) in [5.41, 5.74) is 7.23. The predicted octanol–water partition coefficient (Wildman–Crippen LogP) is 0.770. The van der Waals surface area contributed by atoms with E-state index in [1.54, 1.807) is 35.2 Å². The molecule has 0 radical (unpaired) electrons. The largest absolute Gasteiger partial charge is 0.352 e. The van der Waals surface area contributed by atoms with E-state index in [9.17, 15) is 8.42 Å². The van der Waals surface area contributed by atoms with Gasteiger partial charge in [0, 0.05) is 43.8 Å². The molecular weight excluding hydrogens is 296 g/mol. The molecule has 3 N–H and O–H groups in total. The fourth-order valence-electron chi connectivity index (χ4n) is 1.85. The summed E-state index contributed by atoms with van der Waals surface area (Å²) < 4.78 is 28.6. The molecule has 6 nitrogen and oxygen atoms in total. The Morgan fingerprint density at radius 2 is 2.25 bits per heavy atom. The van der Waals surface area contributed by atoms with E-state index < -0.39 is 10.0 Å². The third kappa shape index (κ3) is 3.45. The molecule has 20 heavy (non-hydrogen) atoms. The average molecular weight is 314 g/mol. The number of hydrogen-bond donors (Lipinski definition) is 2. The van der Waals surface area contributed by atoms with Crippen molar-refractivity contribution in [3.63, 3.8) is 0 Å². The van der Waals surface area contributed by atoms with Crippen molar-refractivity contribution in [2.75, 3.05) is 6.54 Å². The Bertz CT molecular complexity index is 688. The molecule has 0 amide bonds. The van der Waals surface area contributed by atoms with Crippen molar-refractivity contribution in [3.8, 4) is 0 Å². The first kappa shape index (κ1) is 15.2. The first-order valence-corrected chi connectivity index (χ1v) is 8.54. The van der Waals surface area contributed by atoms with Crippen molar-refractivity contribution in [1.82, 2.24) is 14.3 Å². The van der Waals surface area contributed by atoms with E-state index in [0.717, 1.165) is 16.4 Å². The van der Waals surface area contributed by atoms with Crippen molar-refractivity contribution < 1.29 is 8.42 Å². The van der Waals surface area contributed by atoms with Crippen LogP contribution in [-0.4, -0.2) is 24.5 Å². The van der Waals surface area contributed by atoms with Gasteiger partial charge in [-0.05, 0) is 13.0 Å². The molecule has 0 aliphatic heterocycles. The second kappa shape index (κ2) is 6.04. The summed E-state index contributed by atoms with van der Waals surface area (Å²) in [5.74, 6) is 0. The van der Waals surface area contributed by atoms with Gasteiger partial charge in [0.1, 0.15) is 0 Å². The molecule has 0 spiro atoms. The molecule has 0 aliphatic carbocycles. The molecule has 2 aromatic rings. The van der Waals surface area contributed by atoms with Crippen LogP contribution in [0.4, 0.5) is 0 Å². The summed E-state index contributed by atoms with van der Waals surface area (Å²) >= 11 is 1.56. The number of nitrogens with zero attached hydrogens (tertiary/aromatic N) is 2. The van der Waals surface area contributed by atoms with Gasteiger partial charge in [0.05, 0.1) is 15.6 Å². The van der Waals surface area contributed by atoms with Crippen molar-refractivity contribution in [2.45, 2.75) is 24.8 Å². The second-order valence-electron chi connectivity index (χ2n) is 4.49. The van der Waals surface area contributed by atoms with E-state index in [0.29, 0.717) is 19.5 Å². The molecular formula is C12H18N4O2S2. The van der Waals surface area contributed by atoms with Crippen molar-refractivity contribution in [2.24, 2.45) is 12.8 Å². The molecule has 2 rings (SSSR count). The molecule has 0 bridgehead atoms. The Labute approximate surface area is 122 Å². The average Bonchev–Trinajstić information content (AvgIpc) is 2.95. The van der Waals surface area contributed by atoms with Gasteiger partial charge in [-0.15, -0.1) is 11.3 Å². The molecule has 2 aromatic heterocycles. The van der Waals surface area contributed by atoms with Crippen LogP contribution in [-0.2, 0) is 30.0 Å². The van der Waals surface area contributed by atoms with Crippen LogP contribution in [0.15, 0.2) is 22.5 Å². The molecule has 0 aromatic carbocycles. The van der Waals surface area contributed by atoms with Gasteiger partial charge in [-0.1, -0.05) is 0 Å². The number of nitrogens with two attached hydrogens (primary N) is 1. The van der Waals surface area contributed by atoms with Crippen LogP contribution in [0.3, 0.4) is 0 Å². The van der Waals surface area contributed by atoms with Crippen LogP contribution in [0.25, 0.3) is 0 Å². The van der Waals surface area contributed by atoms with E-state index in [-0.39, 0.29) is 4.90 Å². The van der Waals surface area contributed by atoms with Crippen molar-refractivity contribution >= 4 is 21.4 Å². The van der Waals surface area contributed by atoms with Crippen molar-refractivity contribution in [1.29, 1.82) is 0 Å². The second-order valence-corrected chi connectivity index (χ2v) is 7.32. The maximum Gasteiger partial charge on any atom is 0.242 e. The molecule has 2 heterocycles. The van der Waals surface area contributed by atoms with Crippen LogP contribution in [0.5, 0.6) is 0 Å². The standard InChI is InChI=1S/C12H18N4O2S2/c1-9-15-10(8-19-9)3-4-14-20(17,18)12-5-11(6-13)16(2)7-12/h5,7-8,14H,3-4,6,13H2,1-2H3. The zero-order valence-electron chi connectivity index (χ0n) is 11.5. The van der Waals surface area contributed by atoms with Gasteiger partial charge in [0.15, 0.2) is 0 Å². The maximum absolute atomic E-state index is 12.1. The Morgan fingerprint density at radius 1 is 1.50 bits per heavy atom. The van der Waals surface area contributed by atoms with E-state index in [2.05, 4.69) is 9.71 Å². The number of aromatic nitrogens is 2. The van der Waals surface area contributed by atoms with Crippen molar-refractivity contribution in [3.05, 3.63) is 34.0 Å². The van der Waals surface area contributed by atoms with Crippen LogP contribution in [0.2, 0.25) is 0 Å². The van der Waals surface area contributed by atoms with Gasteiger partial charge in [-0.25, -0.2) is 18.1 Å². The molecule has 110 valence electrons. The lowest BCUT2D eigenvalue weighted by atomic mass is 10.3. The SMILES string of the molecule is Cc1nc(CCNS(=O)(=O)c2cc(CN)n(C)c2)cs1. The topological polar surface area (TPSA) is 90.0 Å². The lowest BCUT2D eigenvalue weighted by Crippen LogP contribution is -2.25. The highest BCUT2D eigenvalue weighted by Crippen LogP contribution is 2.13. The Morgan fingerprint density at radius 3 is 2.80 bits per heavy atom. The van der Waals surface area contributed by atoms with Gasteiger partial charge in [-0.2, -0.15) is 0 Å². The van der Waals surface area contributed by atoms with Crippen LogP contribution in [0, 0.1) is 6.92 Å². The number of rotatable bonds is 6. The van der Waals surface area contributed by atoms with Gasteiger partial charge in [-0.3, -0.25) is 0 Å². The summed E-state index contributed by atoms with van der Waals surface area (Å²) in [6.45, 7) is 2.57. The summed E-state index contributed by atoms with van der Waals surface area (Å²) in [5, 5.41) is 2.93. The summed E-state index contributed by atoms with van der Waals surface area (Å²) in [7, 11) is -1.71. The first-order valence-electron chi connectivity index (χ1n) is 6.18. The smallest absolute Gasteiger partial charge is 0.242 e. The fourth-order valence-corrected chi connectivity index (χ4v) is 3.62. The third-order valence-electron chi connectivity index (χ3n) is 2.94. The number of thiazole rings is 1. The maximum atomic E-state index is 12.1. The van der Waals surface area contributed by atoms with Gasteiger partial charge < -0.3 is 10.3 Å². The monoisotopic (exact) mass is 314 g/mol. The Balaban J connectivity index is 2.00. The van der Waals surface area contributed by atoms with Gasteiger partial charge in [0.25, 0.3) is 0 Å².